The fraction of sp³-hybridized carbons (Fsp3) is 0.462. The average molecular weight is 259 g/mol. The predicted octanol–water partition coefficient (Wildman–Crippen LogP) is 0.602. The van der Waals surface area contributed by atoms with Gasteiger partial charge < -0.3 is 5.11 Å². The van der Waals surface area contributed by atoms with Crippen LogP contribution in [0.25, 0.3) is 0 Å². The minimum Gasteiger partial charge on any atom is -0.382 e. The van der Waals surface area contributed by atoms with Gasteiger partial charge in [-0.25, -0.2) is 0 Å². The number of pyridine rings is 1. The molecule has 1 atom stereocenters. The lowest BCUT2D eigenvalue weighted by molar-refractivity contribution is 0.0408. The molecule has 0 saturated carbocycles. The van der Waals surface area contributed by atoms with Gasteiger partial charge >= 0.3 is 0 Å². The number of aliphatic hydroxyl groups is 1. The number of nitrogens with zero attached hydrogens (tertiary/aromatic N) is 4. The molecule has 0 amide bonds. The summed E-state index contributed by atoms with van der Waals surface area (Å²) in [6.07, 6.45) is 4.08. The number of β-amino-alcohol motifs (C(OH)–C–C–N with tert-alkyl or cyclic N) is 1. The van der Waals surface area contributed by atoms with Crippen LogP contribution in [0.3, 0.4) is 0 Å². The number of hydrogen-bond acceptors (Lipinski definition) is 5. The number of hydrogen-bond donors (Lipinski definition) is 2. The second-order valence-electron chi connectivity index (χ2n) is 5.10. The summed E-state index contributed by atoms with van der Waals surface area (Å²) in [6.45, 7) is 4.24. The Morgan fingerprint density at radius 3 is 3.16 bits per heavy atom. The zero-order valence-corrected chi connectivity index (χ0v) is 10.9. The summed E-state index contributed by atoms with van der Waals surface area (Å²) in [7, 11) is 0. The molecule has 2 aromatic heterocycles. The van der Waals surface area contributed by atoms with Crippen molar-refractivity contribution in [3.05, 3.63) is 41.5 Å². The van der Waals surface area contributed by atoms with Crippen molar-refractivity contribution in [2.75, 3.05) is 13.1 Å². The highest BCUT2D eigenvalue weighted by Gasteiger charge is 2.39. The summed E-state index contributed by atoms with van der Waals surface area (Å²) in [5.74, 6) is 0. The van der Waals surface area contributed by atoms with Gasteiger partial charge in [-0.1, -0.05) is 6.07 Å². The van der Waals surface area contributed by atoms with E-state index in [-0.39, 0.29) is 0 Å². The summed E-state index contributed by atoms with van der Waals surface area (Å²) < 4.78 is 0. The van der Waals surface area contributed by atoms with Gasteiger partial charge in [0, 0.05) is 31.5 Å². The number of aromatic nitrogens is 4. The van der Waals surface area contributed by atoms with Crippen LogP contribution in [0.15, 0.2) is 24.5 Å². The van der Waals surface area contributed by atoms with Gasteiger partial charge in [0.15, 0.2) is 0 Å². The van der Waals surface area contributed by atoms with E-state index in [1.807, 2.05) is 13.0 Å². The molecule has 0 aromatic carbocycles. The van der Waals surface area contributed by atoms with Crippen LogP contribution in [0.5, 0.6) is 0 Å². The highest BCUT2D eigenvalue weighted by atomic mass is 16.3. The molecule has 19 heavy (non-hydrogen) atoms. The molecule has 1 aliphatic heterocycles. The van der Waals surface area contributed by atoms with Crippen molar-refractivity contribution in [2.24, 2.45) is 0 Å². The van der Waals surface area contributed by atoms with Crippen LogP contribution in [0.2, 0.25) is 0 Å². The zero-order valence-electron chi connectivity index (χ0n) is 10.9. The molecule has 1 unspecified atom stereocenters. The van der Waals surface area contributed by atoms with Crippen molar-refractivity contribution >= 4 is 0 Å². The van der Waals surface area contributed by atoms with E-state index >= 15 is 0 Å². The Morgan fingerprint density at radius 1 is 1.53 bits per heavy atom. The van der Waals surface area contributed by atoms with Crippen LogP contribution in [0.1, 0.15) is 23.4 Å². The first-order chi connectivity index (χ1) is 9.17. The first-order valence-corrected chi connectivity index (χ1v) is 6.39. The number of likely N-dealkylation sites (tertiary alicyclic amines) is 1. The van der Waals surface area contributed by atoms with Gasteiger partial charge in [-0.2, -0.15) is 15.4 Å². The lowest BCUT2D eigenvalue weighted by Crippen LogP contribution is -2.31. The number of rotatable bonds is 3. The third-order valence-corrected chi connectivity index (χ3v) is 3.73. The summed E-state index contributed by atoms with van der Waals surface area (Å²) >= 11 is 0. The maximum absolute atomic E-state index is 10.6. The van der Waals surface area contributed by atoms with Gasteiger partial charge in [0.2, 0.25) is 0 Å². The molecule has 3 heterocycles. The molecule has 2 N–H and O–H groups in total. The van der Waals surface area contributed by atoms with E-state index < -0.39 is 5.60 Å². The summed E-state index contributed by atoms with van der Waals surface area (Å²) in [5.41, 5.74) is 1.98. The van der Waals surface area contributed by atoms with Crippen LogP contribution >= 0.6 is 0 Å². The fourth-order valence-electron chi connectivity index (χ4n) is 2.57. The third kappa shape index (κ3) is 2.36. The number of aromatic amines is 1. The highest BCUT2D eigenvalue weighted by molar-refractivity contribution is 5.19. The van der Waals surface area contributed by atoms with Gasteiger partial charge in [0.05, 0.1) is 6.20 Å². The van der Waals surface area contributed by atoms with Gasteiger partial charge in [-0.05, 0) is 25.0 Å². The minimum absolute atomic E-state index is 0.577. The highest BCUT2D eigenvalue weighted by Crippen LogP contribution is 2.31. The van der Waals surface area contributed by atoms with Crippen molar-refractivity contribution in [1.29, 1.82) is 0 Å². The number of H-pyrrole nitrogens is 1. The van der Waals surface area contributed by atoms with Crippen molar-refractivity contribution in [3.8, 4) is 0 Å². The zero-order chi connectivity index (χ0) is 13.3. The number of nitrogens with one attached hydrogen (secondary N) is 1. The van der Waals surface area contributed by atoms with Crippen LogP contribution in [0, 0.1) is 6.92 Å². The van der Waals surface area contributed by atoms with Gasteiger partial charge in [0.1, 0.15) is 11.3 Å². The SMILES string of the molecule is Cc1ncccc1CN1CCC(O)(c2cn[nH]n2)C1. The normalized spacial score (nSPS) is 23.9. The Hall–Kier alpha value is -1.79. The van der Waals surface area contributed by atoms with Gasteiger partial charge in [-0.3, -0.25) is 9.88 Å². The van der Waals surface area contributed by atoms with E-state index in [2.05, 4.69) is 31.4 Å². The summed E-state index contributed by atoms with van der Waals surface area (Å²) in [5, 5.41) is 20.9. The largest absolute Gasteiger partial charge is 0.382 e. The van der Waals surface area contributed by atoms with Crippen molar-refractivity contribution < 1.29 is 5.11 Å². The molecule has 2 aromatic rings. The topological polar surface area (TPSA) is 77.9 Å². The molecule has 3 rings (SSSR count). The average Bonchev–Trinajstić information content (AvgIpc) is 3.03. The van der Waals surface area contributed by atoms with E-state index in [0.717, 1.165) is 18.8 Å². The predicted molar refractivity (Wildman–Crippen MR) is 69.1 cm³/mol. The molecular formula is C13H17N5O. The Bertz CT molecular complexity index is 556. The Kier molecular flexibility index (Phi) is 3.04. The van der Waals surface area contributed by atoms with Gasteiger partial charge in [-0.15, -0.1) is 0 Å². The standard InChI is InChI=1S/C13H17N5O/c1-10-11(3-2-5-14-10)8-18-6-4-13(19,9-18)12-7-15-17-16-12/h2-3,5,7,19H,4,6,8-9H2,1H3,(H,15,16,17). The maximum atomic E-state index is 10.6. The first-order valence-electron chi connectivity index (χ1n) is 6.39. The molecule has 6 heteroatoms. The van der Waals surface area contributed by atoms with E-state index in [4.69, 9.17) is 0 Å². The molecule has 0 bridgehead atoms. The van der Waals surface area contributed by atoms with Crippen LogP contribution in [-0.2, 0) is 12.1 Å². The molecule has 0 radical (unpaired) electrons. The van der Waals surface area contributed by atoms with E-state index in [0.29, 0.717) is 18.7 Å². The minimum atomic E-state index is -0.886. The third-order valence-electron chi connectivity index (χ3n) is 3.73. The lowest BCUT2D eigenvalue weighted by atomic mass is 10.00. The smallest absolute Gasteiger partial charge is 0.124 e. The maximum Gasteiger partial charge on any atom is 0.124 e. The Balaban J connectivity index is 1.71. The van der Waals surface area contributed by atoms with Crippen molar-refractivity contribution in [1.82, 2.24) is 25.3 Å². The van der Waals surface area contributed by atoms with Crippen molar-refractivity contribution in [2.45, 2.75) is 25.5 Å². The molecule has 1 fully saturated rings. The quantitative estimate of drug-likeness (QED) is 0.844. The molecule has 1 saturated heterocycles. The second kappa shape index (κ2) is 4.71. The van der Waals surface area contributed by atoms with Crippen LogP contribution < -0.4 is 0 Å². The lowest BCUT2D eigenvalue weighted by Gasteiger charge is -2.21. The van der Waals surface area contributed by atoms with E-state index in [1.165, 1.54) is 5.56 Å². The second-order valence-corrected chi connectivity index (χ2v) is 5.10. The van der Waals surface area contributed by atoms with Crippen LogP contribution in [0.4, 0.5) is 0 Å². The first kappa shape index (κ1) is 12.3. The van der Waals surface area contributed by atoms with E-state index in [1.54, 1.807) is 12.4 Å². The number of aryl methyl sites for hydroxylation is 1. The Labute approximate surface area is 111 Å². The fourth-order valence-corrected chi connectivity index (χ4v) is 2.57. The Morgan fingerprint density at radius 2 is 2.42 bits per heavy atom. The molecule has 0 aliphatic carbocycles. The summed E-state index contributed by atoms with van der Waals surface area (Å²) in [6, 6.07) is 4.03. The van der Waals surface area contributed by atoms with Crippen molar-refractivity contribution in [3.63, 3.8) is 0 Å². The molecule has 0 spiro atoms. The van der Waals surface area contributed by atoms with E-state index in [9.17, 15) is 5.11 Å². The van der Waals surface area contributed by atoms with Gasteiger partial charge in [0.25, 0.3) is 0 Å². The molecule has 1 aliphatic rings. The molecule has 100 valence electrons. The van der Waals surface area contributed by atoms with Crippen LogP contribution in [-0.4, -0.2) is 43.5 Å². The molecule has 6 nitrogen and oxygen atoms in total. The monoisotopic (exact) mass is 259 g/mol. The molecular weight excluding hydrogens is 242 g/mol. The summed E-state index contributed by atoms with van der Waals surface area (Å²) in [4.78, 5) is 6.51.